The Bertz CT molecular complexity index is 457. The minimum absolute atomic E-state index is 0.465. The number of aliphatic hydroxyl groups is 1. The number of benzene rings is 1. The molecule has 0 radical (unpaired) electrons. The van der Waals surface area contributed by atoms with E-state index in [1.54, 1.807) is 0 Å². The normalized spacial score (nSPS) is 20.9. The molecule has 1 unspecified atom stereocenters. The SMILES string of the molecule is CC1(CNCC(O)c2ccc3c(c2)OCCO3)CC1. The number of hydrogen-bond donors (Lipinski definition) is 2. The molecule has 0 bridgehead atoms. The molecule has 0 aromatic heterocycles. The van der Waals surface area contributed by atoms with E-state index in [-0.39, 0.29) is 0 Å². The van der Waals surface area contributed by atoms with Gasteiger partial charge in [0.25, 0.3) is 0 Å². The van der Waals surface area contributed by atoms with Gasteiger partial charge in [-0.1, -0.05) is 13.0 Å². The molecule has 1 fully saturated rings. The summed E-state index contributed by atoms with van der Waals surface area (Å²) >= 11 is 0. The minimum Gasteiger partial charge on any atom is -0.486 e. The molecule has 2 N–H and O–H groups in total. The minimum atomic E-state index is -0.502. The summed E-state index contributed by atoms with van der Waals surface area (Å²) in [5, 5.41) is 13.5. The van der Waals surface area contributed by atoms with Crippen LogP contribution in [0.5, 0.6) is 11.5 Å². The van der Waals surface area contributed by atoms with Crippen molar-refractivity contribution in [2.75, 3.05) is 26.3 Å². The van der Waals surface area contributed by atoms with Gasteiger partial charge in [-0.3, -0.25) is 0 Å². The van der Waals surface area contributed by atoms with E-state index in [0.29, 0.717) is 25.2 Å². The maximum atomic E-state index is 10.2. The lowest BCUT2D eigenvalue weighted by Gasteiger charge is -2.20. The molecular weight excluding hydrogens is 242 g/mol. The van der Waals surface area contributed by atoms with E-state index in [4.69, 9.17) is 9.47 Å². The molecule has 104 valence electrons. The Kier molecular flexibility index (Phi) is 3.37. The average molecular weight is 263 g/mol. The van der Waals surface area contributed by atoms with E-state index in [2.05, 4.69) is 12.2 Å². The van der Waals surface area contributed by atoms with Crippen molar-refractivity contribution in [2.24, 2.45) is 5.41 Å². The van der Waals surface area contributed by atoms with Gasteiger partial charge in [0.2, 0.25) is 0 Å². The Balaban J connectivity index is 1.58. The molecule has 1 aliphatic carbocycles. The quantitative estimate of drug-likeness (QED) is 0.851. The van der Waals surface area contributed by atoms with Crippen molar-refractivity contribution in [3.63, 3.8) is 0 Å². The van der Waals surface area contributed by atoms with Crippen LogP contribution in [0.25, 0.3) is 0 Å². The van der Waals surface area contributed by atoms with E-state index in [9.17, 15) is 5.11 Å². The summed E-state index contributed by atoms with van der Waals surface area (Å²) in [7, 11) is 0. The summed E-state index contributed by atoms with van der Waals surface area (Å²) in [5.74, 6) is 1.50. The lowest BCUT2D eigenvalue weighted by atomic mass is 10.1. The zero-order valence-electron chi connectivity index (χ0n) is 11.3. The highest BCUT2D eigenvalue weighted by Crippen LogP contribution is 2.44. The average Bonchev–Trinajstić information content (AvgIpc) is 3.16. The summed E-state index contributed by atoms with van der Waals surface area (Å²) in [6.07, 6.45) is 2.08. The van der Waals surface area contributed by atoms with E-state index < -0.39 is 6.10 Å². The van der Waals surface area contributed by atoms with Gasteiger partial charge in [-0.25, -0.2) is 0 Å². The maximum absolute atomic E-state index is 10.2. The zero-order valence-corrected chi connectivity index (χ0v) is 11.3. The summed E-state index contributed by atoms with van der Waals surface area (Å²) in [5.41, 5.74) is 1.34. The first-order valence-corrected chi connectivity index (χ1v) is 6.95. The summed E-state index contributed by atoms with van der Waals surface area (Å²) < 4.78 is 11.0. The predicted octanol–water partition coefficient (Wildman–Crippen LogP) is 1.88. The van der Waals surface area contributed by atoms with Crippen molar-refractivity contribution in [2.45, 2.75) is 25.9 Å². The zero-order chi connectivity index (χ0) is 13.3. The third-order valence-corrected chi connectivity index (χ3v) is 3.94. The van der Waals surface area contributed by atoms with E-state index >= 15 is 0 Å². The number of rotatable bonds is 5. The molecule has 0 amide bonds. The van der Waals surface area contributed by atoms with E-state index in [1.807, 2.05) is 18.2 Å². The third-order valence-electron chi connectivity index (χ3n) is 3.94. The van der Waals surface area contributed by atoms with Crippen LogP contribution in [0.1, 0.15) is 31.4 Å². The second-order valence-electron chi connectivity index (χ2n) is 5.86. The summed E-state index contributed by atoms with van der Waals surface area (Å²) in [4.78, 5) is 0. The van der Waals surface area contributed by atoms with Gasteiger partial charge in [0.05, 0.1) is 6.10 Å². The van der Waals surface area contributed by atoms with Crippen LogP contribution in [-0.2, 0) is 0 Å². The number of aliphatic hydroxyl groups excluding tert-OH is 1. The molecule has 1 aromatic carbocycles. The van der Waals surface area contributed by atoms with Crippen LogP contribution in [0.15, 0.2) is 18.2 Å². The van der Waals surface area contributed by atoms with Crippen molar-refractivity contribution in [3.05, 3.63) is 23.8 Å². The first kappa shape index (κ1) is 12.8. The Hall–Kier alpha value is -1.26. The van der Waals surface area contributed by atoms with Crippen LogP contribution in [0.2, 0.25) is 0 Å². The molecule has 4 nitrogen and oxygen atoms in total. The first-order chi connectivity index (χ1) is 9.16. The molecule has 1 aliphatic heterocycles. The van der Waals surface area contributed by atoms with Gasteiger partial charge in [0.1, 0.15) is 13.2 Å². The predicted molar refractivity (Wildman–Crippen MR) is 72.6 cm³/mol. The number of ether oxygens (including phenoxy) is 2. The van der Waals surface area contributed by atoms with Crippen LogP contribution < -0.4 is 14.8 Å². The number of fused-ring (bicyclic) bond motifs is 1. The highest BCUT2D eigenvalue weighted by molar-refractivity contribution is 5.44. The van der Waals surface area contributed by atoms with E-state index in [1.165, 1.54) is 12.8 Å². The standard InChI is InChI=1S/C15H21NO3/c1-15(4-5-15)10-16-9-12(17)11-2-3-13-14(8-11)19-7-6-18-13/h2-3,8,12,16-17H,4-7,9-10H2,1H3. The van der Waals surface area contributed by atoms with Crippen LogP contribution in [0, 0.1) is 5.41 Å². The van der Waals surface area contributed by atoms with Gasteiger partial charge in [-0.2, -0.15) is 0 Å². The molecule has 4 heteroatoms. The van der Waals surface area contributed by atoms with Crippen LogP contribution in [-0.4, -0.2) is 31.4 Å². The van der Waals surface area contributed by atoms with Gasteiger partial charge in [0.15, 0.2) is 11.5 Å². The molecule has 0 saturated heterocycles. The fraction of sp³-hybridized carbons (Fsp3) is 0.600. The highest BCUT2D eigenvalue weighted by Gasteiger charge is 2.36. The van der Waals surface area contributed by atoms with Gasteiger partial charge in [-0.05, 0) is 36.0 Å². The molecular formula is C15H21NO3. The van der Waals surface area contributed by atoms with Crippen molar-refractivity contribution in [3.8, 4) is 11.5 Å². The molecule has 19 heavy (non-hydrogen) atoms. The van der Waals surface area contributed by atoms with E-state index in [0.717, 1.165) is 23.6 Å². The fourth-order valence-corrected chi connectivity index (χ4v) is 2.29. The van der Waals surface area contributed by atoms with Crippen molar-refractivity contribution in [1.82, 2.24) is 5.32 Å². The topological polar surface area (TPSA) is 50.7 Å². The molecule has 2 aliphatic rings. The van der Waals surface area contributed by atoms with Gasteiger partial charge < -0.3 is 19.9 Å². The van der Waals surface area contributed by atoms with Crippen LogP contribution in [0.4, 0.5) is 0 Å². The lowest BCUT2D eigenvalue weighted by Crippen LogP contribution is -2.27. The molecule has 3 rings (SSSR count). The largest absolute Gasteiger partial charge is 0.486 e. The lowest BCUT2D eigenvalue weighted by molar-refractivity contribution is 0.162. The maximum Gasteiger partial charge on any atom is 0.161 e. The molecule has 1 heterocycles. The van der Waals surface area contributed by atoms with Gasteiger partial charge in [0, 0.05) is 13.1 Å². The van der Waals surface area contributed by atoms with Crippen molar-refractivity contribution in [1.29, 1.82) is 0 Å². The van der Waals surface area contributed by atoms with Crippen LogP contribution >= 0.6 is 0 Å². The molecule has 1 atom stereocenters. The second-order valence-corrected chi connectivity index (χ2v) is 5.86. The highest BCUT2D eigenvalue weighted by atomic mass is 16.6. The summed E-state index contributed by atoms with van der Waals surface area (Å²) in [6.45, 7) is 5.00. The monoisotopic (exact) mass is 263 g/mol. The summed E-state index contributed by atoms with van der Waals surface area (Å²) in [6, 6.07) is 5.65. The smallest absolute Gasteiger partial charge is 0.161 e. The Labute approximate surface area is 113 Å². The Morgan fingerprint density at radius 1 is 1.26 bits per heavy atom. The second kappa shape index (κ2) is 5.02. The fourth-order valence-electron chi connectivity index (χ4n) is 2.29. The Morgan fingerprint density at radius 2 is 2.00 bits per heavy atom. The molecule has 1 saturated carbocycles. The molecule has 1 aromatic rings. The third kappa shape index (κ3) is 3.01. The first-order valence-electron chi connectivity index (χ1n) is 6.95. The van der Waals surface area contributed by atoms with Gasteiger partial charge >= 0.3 is 0 Å². The van der Waals surface area contributed by atoms with Gasteiger partial charge in [-0.15, -0.1) is 0 Å². The van der Waals surface area contributed by atoms with Crippen molar-refractivity contribution >= 4 is 0 Å². The van der Waals surface area contributed by atoms with Crippen LogP contribution in [0.3, 0.4) is 0 Å². The number of hydrogen-bond acceptors (Lipinski definition) is 4. The number of nitrogens with one attached hydrogen (secondary N) is 1. The van der Waals surface area contributed by atoms with Crippen molar-refractivity contribution < 1.29 is 14.6 Å². The molecule has 0 spiro atoms. The Morgan fingerprint density at radius 3 is 2.74 bits per heavy atom.